The molecule has 124 valence electrons. The Morgan fingerprint density at radius 1 is 1.08 bits per heavy atom. The third kappa shape index (κ3) is 3.79. The van der Waals surface area contributed by atoms with Gasteiger partial charge < -0.3 is 9.47 Å². The van der Waals surface area contributed by atoms with Crippen LogP contribution >= 0.6 is 11.8 Å². The van der Waals surface area contributed by atoms with Gasteiger partial charge in [0.25, 0.3) is 0 Å². The van der Waals surface area contributed by atoms with E-state index in [0.717, 1.165) is 16.4 Å². The van der Waals surface area contributed by atoms with E-state index < -0.39 is 0 Å². The number of methoxy groups -OCH3 is 1. The monoisotopic (exact) mass is 342 g/mol. The lowest BCUT2D eigenvalue weighted by atomic mass is 10.0. The first-order chi connectivity index (χ1) is 11.7. The quantitative estimate of drug-likeness (QED) is 0.742. The number of fused-ring (bicyclic) bond motifs is 1. The van der Waals surface area contributed by atoms with Crippen LogP contribution in [-0.2, 0) is 0 Å². The highest BCUT2D eigenvalue weighted by atomic mass is 32.2. The maximum absolute atomic E-state index is 12.4. The summed E-state index contributed by atoms with van der Waals surface area (Å²) in [6, 6.07) is 12.5. The van der Waals surface area contributed by atoms with Gasteiger partial charge in [0.15, 0.2) is 11.6 Å². The molecule has 5 heteroatoms. The predicted molar refractivity (Wildman–Crippen MR) is 93.6 cm³/mol. The van der Waals surface area contributed by atoms with Crippen molar-refractivity contribution in [1.82, 2.24) is 0 Å². The van der Waals surface area contributed by atoms with Gasteiger partial charge in [0.2, 0.25) is 0 Å². The first-order valence-electron chi connectivity index (χ1n) is 7.77. The maximum Gasteiger partial charge on any atom is 0.163 e. The zero-order valence-electron chi connectivity index (χ0n) is 13.4. The van der Waals surface area contributed by atoms with Crippen LogP contribution in [0.25, 0.3) is 0 Å². The molecular weight excluding hydrogens is 324 g/mol. The van der Waals surface area contributed by atoms with Crippen molar-refractivity contribution < 1.29 is 19.1 Å². The summed E-state index contributed by atoms with van der Waals surface area (Å²) in [5.41, 5.74) is 1.15. The van der Waals surface area contributed by atoms with Gasteiger partial charge in [-0.3, -0.25) is 9.59 Å². The first kappa shape index (κ1) is 16.6. The Labute approximate surface area is 145 Å². The van der Waals surface area contributed by atoms with Gasteiger partial charge in [-0.15, -0.1) is 11.8 Å². The van der Waals surface area contributed by atoms with Gasteiger partial charge >= 0.3 is 0 Å². The van der Waals surface area contributed by atoms with Gasteiger partial charge in [-0.25, -0.2) is 0 Å². The second-order valence-corrected chi connectivity index (χ2v) is 6.57. The number of thioether (sulfide) groups is 1. The van der Waals surface area contributed by atoms with Gasteiger partial charge in [0.05, 0.1) is 13.7 Å². The molecule has 1 heterocycles. The minimum atomic E-state index is -0.0629. The van der Waals surface area contributed by atoms with E-state index in [4.69, 9.17) is 9.47 Å². The third-order valence-corrected chi connectivity index (χ3v) is 4.85. The molecule has 0 saturated carbocycles. The number of ether oxygens (including phenoxy) is 2. The molecule has 24 heavy (non-hydrogen) atoms. The van der Waals surface area contributed by atoms with E-state index in [-0.39, 0.29) is 24.4 Å². The van der Waals surface area contributed by atoms with Crippen LogP contribution in [-0.4, -0.2) is 31.0 Å². The van der Waals surface area contributed by atoms with Crippen molar-refractivity contribution >= 4 is 23.3 Å². The molecule has 0 spiro atoms. The minimum Gasteiger partial charge on any atom is -0.497 e. The van der Waals surface area contributed by atoms with Crippen LogP contribution in [0, 0.1) is 0 Å². The maximum atomic E-state index is 12.4. The van der Waals surface area contributed by atoms with E-state index in [0.29, 0.717) is 23.5 Å². The normalized spacial score (nSPS) is 12.9. The minimum absolute atomic E-state index is 0.0479. The van der Waals surface area contributed by atoms with Gasteiger partial charge in [0.1, 0.15) is 11.5 Å². The van der Waals surface area contributed by atoms with Crippen LogP contribution in [0.3, 0.4) is 0 Å². The average Bonchev–Trinajstić information content (AvgIpc) is 2.65. The number of carbonyl (C=O) groups excluding carboxylic acids is 2. The summed E-state index contributed by atoms with van der Waals surface area (Å²) in [4.78, 5) is 25.7. The SMILES string of the molecule is COc1cccc(C(=O)CCC(=O)c2ccc3c(c2)OCCS3)c1. The average molecular weight is 342 g/mol. The van der Waals surface area contributed by atoms with E-state index in [1.54, 1.807) is 55.3 Å². The standard InChI is InChI=1S/C19H18O4S/c1-22-15-4-2-3-13(11-15)16(20)6-7-17(21)14-5-8-19-18(12-14)23-9-10-24-19/h2-5,8,11-12H,6-7,9-10H2,1H3. The van der Waals surface area contributed by atoms with Crippen molar-refractivity contribution in [3.8, 4) is 11.5 Å². The number of Topliss-reactive ketones (excluding diaryl/α,β-unsaturated/α-hetero) is 2. The zero-order chi connectivity index (χ0) is 16.9. The van der Waals surface area contributed by atoms with Crippen LogP contribution in [0.4, 0.5) is 0 Å². The molecule has 1 aliphatic heterocycles. The van der Waals surface area contributed by atoms with Crippen molar-refractivity contribution in [3.63, 3.8) is 0 Å². The Kier molecular flexibility index (Phi) is 5.20. The van der Waals surface area contributed by atoms with Crippen LogP contribution in [0.1, 0.15) is 33.6 Å². The molecular formula is C19H18O4S. The summed E-state index contributed by atoms with van der Waals surface area (Å²) in [6.07, 6.45) is 0.362. The van der Waals surface area contributed by atoms with Crippen molar-refractivity contribution in [1.29, 1.82) is 0 Å². The van der Waals surface area contributed by atoms with Crippen LogP contribution in [0.15, 0.2) is 47.4 Å². The smallest absolute Gasteiger partial charge is 0.163 e. The molecule has 2 aromatic carbocycles. The highest BCUT2D eigenvalue weighted by Gasteiger charge is 2.16. The van der Waals surface area contributed by atoms with E-state index in [2.05, 4.69) is 0 Å². The van der Waals surface area contributed by atoms with Crippen LogP contribution in [0.2, 0.25) is 0 Å². The van der Waals surface area contributed by atoms with Crippen LogP contribution < -0.4 is 9.47 Å². The number of carbonyl (C=O) groups is 2. The molecule has 0 unspecified atom stereocenters. The van der Waals surface area contributed by atoms with E-state index in [1.165, 1.54) is 0 Å². The number of hydrogen-bond acceptors (Lipinski definition) is 5. The van der Waals surface area contributed by atoms with E-state index in [9.17, 15) is 9.59 Å². The molecule has 4 nitrogen and oxygen atoms in total. The molecule has 0 aliphatic carbocycles. The topological polar surface area (TPSA) is 52.6 Å². The Balaban J connectivity index is 1.63. The number of benzene rings is 2. The van der Waals surface area contributed by atoms with Gasteiger partial charge in [-0.1, -0.05) is 18.2 Å². The molecule has 1 aliphatic rings. The van der Waals surface area contributed by atoms with Crippen LogP contribution in [0.5, 0.6) is 11.5 Å². The summed E-state index contributed by atoms with van der Waals surface area (Å²) in [5, 5.41) is 0. The van der Waals surface area contributed by atoms with Crippen molar-refractivity contribution in [2.75, 3.05) is 19.5 Å². The van der Waals surface area contributed by atoms with Gasteiger partial charge in [-0.2, -0.15) is 0 Å². The Bertz CT molecular complexity index is 770. The van der Waals surface area contributed by atoms with Gasteiger partial charge in [0, 0.05) is 34.6 Å². The molecule has 0 aromatic heterocycles. The van der Waals surface area contributed by atoms with Gasteiger partial charge in [-0.05, 0) is 24.3 Å². The van der Waals surface area contributed by atoms with E-state index >= 15 is 0 Å². The summed E-state index contributed by atoms with van der Waals surface area (Å²) >= 11 is 1.73. The fourth-order valence-corrected chi connectivity index (χ4v) is 3.34. The summed E-state index contributed by atoms with van der Waals surface area (Å²) in [7, 11) is 1.56. The molecule has 0 atom stereocenters. The van der Waals surface area contributed by atoms with Crippen molar-refractivity contribution in [3.05, 3.63) is 53.6 Å². The molecule has 3 rings (SSSR count). The number of ketones is 2. The Morgan fingerprint density at radius 2 is 1.83 bits per heavy atom. The molecule has 0 radical (unpaired) electrons. The summed E-state index contributed by atoms with van der Waals surface area (Å²) in [5.74, 6) is 2.21. The summed E-state index contributed by atoms with van der Waals surface area (Å²) in [6.45, 7) is 0.656. The number of rotatable bonds is 6. The molecule has 0 fully saturated rings. The molecule has 2 aromatic rings. The molecule has 0 bridgehead atoms. The fourth-order valence-electron chi connectivity index (χ4n) is 2.53. The first-order valence-corrected chi connectivity index (χ1v) is 8.76. The second-order valence-electron chi connectivity index (χ2n) is 5.44. The summed E-state index contributed by atoms with van der Waals surface area (Å²) < 4.78 is 10.7. The van der Waals surface area contributed by atoms with Crippen molar-refractivity contribution in [2.24, 2.45) is 0 Å². The highest BCUT2D eigenvalue weighted by molar-refractivity contribution is 7.99. The lowest BCUT2D eigenvalue weighted by molar-refractivity contribution is 0.0917. The lowest BCUT2D eigenvalue weighted by Crippen LogP contribution is -2.09. The number of hydrogen-bond donors (Lipinski definition) is 0. The highest BCUT2D eigenvalue weighted by Crippen LogP contribution is 2.34. The van der Waals surface area contributed by atoms with E-state index in [1.807, 2.05) is 6.07 Å². The second kappa shape index (κ2) is 7.53. The molecule has 0 saturated heterocycles. The third-order valence-electron chi connectivity index (χ3n) is 3.83. The Morgan fingerprint density at radius 3 is 2.58 bits per heavy atom. The molecule has 0 amide bonds. The predicted octanol–water partition coefficient (Wildman–Crippen LogP) is 4.03. The molecule has 0 N–H and O–H groups in total. The zero-order valence-corrected chi connectivity index (χ0v) is 14.2. The fraction of sp³-hybridized carbons (Fsp3) is 0.263. The lowest BCUT2D eigenvalue weighted by Gasteiger charge is -2.17. The van der Waals surface area contributed by atoms with Crippen molar-refractivity contribution in [2.45, 2.75) is 17.7 Å². The largest absolute Gasteiger partial charge is 0.497 e. The Hall–Kier alpha value is -2.27.